The van der Waals surface area contributed by atoms with Crippen LogP contribution in [-0.4, -0.2) is 29.7 Å². The lowest BCUT2D eigenvalue weighted by Gasteiger charge is -2.05. The van der Waals surface area contributed by atoms with Crippen LogP contribution in [0.25, 0.3) is 0 Å². The Kier molecular flexibility index (Phi) is 4.19. The molecule has 58 valence electrons. The van der Waals surface area contributed by atoms with Gasteiger partial charge in [-0.05, 0) is 6.42 Å². The Labute approximate surface area is 58.6 Å². The van der Waals surface area contributed by atoms with Gasteiger partial charge in [-0.3, -0.25) is 9.80 Å². The third-order valence-corrected chi connectivity index (χ3v) is 1.01. The predicted molar refractivity (Wildman–Crippen MR) is 35.3 cm³/mol. The van der Waals surface area contributed by atoms with E-state index in [4.69, 9.17) is 5.11 Å². The molecule has 0 heterocycles. The fourth-order valence-electron chi connectivity index (χ4n) is 0.500. The molecule has 0 rings (SSSR count). The highest BCUT2D eigenvalue weighted by atomic mass is 16.4. The summed E-state index contributed by atoms with van der Waals surface area (Å²) in [5.74, 6) is -0.848. The standard InChI is InChI=1S/C5H10N2O3/c1-7(6-10)4-2-3-5(8)9/h2-4H2,1H3,(H,8,9). The zero-order chi connectivity index (χ0) is 7.98. The molecule has 1 N–H and O–H groups in total. The minimum absolute atomic E-state index is 0.0832. The van der Waals surface area contributed by atoms with Gasteiger partial charge in [0.1, 0.15) is 0 Å². The lowest BCUT2D eigenvalue weighted by molar-refractivity contribution is -0.137. The second-order valence-electron chi connectivity index (χ2n) is 1.96. The number of carboxylic acids is 1. The maximum atomic E-state index is 9.94. The van der Waals surface area contributed by atoms with E-state index in [0.29, 0.717) is 13.0 Å². The van der Waals surface area contributed by atoms with Gasteiger partial charge < -0.3 is 5.11 Å². The van der Waals surface area contributed by atoms with E-state index in [1.165, 1.54) is 12.1 Å². The van der Waals surface area contributed by atoms with Gasteiger partial charge in [0.2, 0.25) is 0 Å². The Morgan fingerprint density at radius 1 is 1.70 bits per heavy atom. The number of hydrogen-bond donors (Lipinski definition) is 1. The van der Waals surface area contributed by atoms with Gasteiger partial charge in [-0.2, -0.15) is 0 Å². The zero-order valence-corrected chi connectivity index (χ0v) is 5.78. The molecule has 0 aliphatic rings. The van der Waals surface area contributed by atoms with E-state index in [0.717, 1.165) is 0 Å². The quantitative estimate of drug-likeness (QED) is 0.452. The van der Waals surface area contributed by atoms with Gasteiger partial charge >= 0.3 is 5.97 Å². The number of carbonyl (C=O) groups is 1. The number of carboxylic acid groups (broad SMARTS) is 1. The molecule has 0 aliphatic heterocycles. The van der Waals surface area contributed by atoms with Gasteiger partial charge in [0, 0.05) is 20.0 Å². The van der Waals surface area contributed by atoms with Crippen molar-refractivity contribution in [2.45, 2.75) is 12.8 Å². The molecule has 0 atom stereocenters. The maximum absolute atomic E-state index is 9.94. The van der Waals surface area contributed by atoms with Gasteiger partial charge in [-0.15, -0.1) is 4.91 Å². The highest BCUT2D eigenvalue weighted by Gasteiger charge is 1.98. The van der Waals surface area contributed by atoms with Gasteiger partial charge in [-0.1, -0.05) is 0 Å². The number of nitroso groups, excluding NO2 is 1. The molecule has 5 nitrogen and oxygen atoms in total. The van der Waals surface area contributed by atoms with Crippen LogP contribution in [0, 0.1) is 4.91 Å². The van der Waals surface area contributed by atoms with Crippen molar-refractivity contribution in [2.75, 3.05) is 13.6 Å². The number of aliphatic carboxylic acids is 1. The summed E-state index contributed by atoms with van der Waals surface area (Å²) in [5, 5.41) is 11.9. The van der Waals surface area contributed by atoms with Crippen molar-refractivity contribution in [3.05, 3.63) is 4.91 Å². The summed E-state index contributed by atoms with van der Waals surface area (Å²) in [6.07, 6.45) is 0.539. The van der Waals surface area contributed by atoms with E-state index in [2.05, 4.69) is 5.29 Å². The summed E-state index contributed by atoms with van der Waals surface area (Å²) in [7, 11) is 1.51. The van der Waals surface area contributed by atoms with Crippen molar-refractivity contribution in [3.8, 4) is 0 Å². The first kappa shape index (κ1) is 8.87. The third-order valence-electron chi connectivity index (χ3n) is 1.01. The summed E-state index contributed by atoms with van der Waals surface area (Å²) in [5.41, 5.74) is 0. The Bertz CT molecular complexity index is 126. The van der Waals surface area contributed by atoms with Gasteiger partial charge in [0.15, 0.2) is 0 Å². The van der Waals surface area contributed by atoms with Gasteiger partial charge in [-0.25, -0.2) is 0 Å². The van der Waals surface area contributed by atoms with E-state index in [-0.39, 0.29) is 6.42 Å². The molecule has 0 amide bonds. The summed E-state index contributed by atoms with van der Waals surface area (Å²) in [6, 6.07) is 0. The van der Waals surface area contributed by atoms with Crippen molar-refractivity contribution in [1.82, 2.24) is 5.01 Å². The zero-order valence-electron chi connectivity index (χ0n) is 5.78. The van der Waals surface area contributed by atoms with Crippen LogP contribution in [0.4, 0.5) is 0 Å². The second kappa shape index (κ2) is 4.72. The molecule has 0 saturated carbocycles. The molecule has 10 heavy (non-hydrogen) atoms. The molecule has 0 aromatic carbocycles. The van der Waals surface area contributed by atoms with E-state index >= 15 is 0 Å². The fourth-order valence-corrected chi connectivity index (χ4v) is 0.500. The monoisotopic (exact) mass is 146 g/mol. The SMILES string of the molecule is CN(CCCC(=O)O)N=O. The Hall–Kier alpha value is -1.13. The fraction of sp³-hybridized carbons (Fsp3) is 0.800. The van der Waals surface area contributed by atoms with Crippen LogP contribution in [0.3, 0.4) is 0 Å². The largest absolute Gasteiger partial charge is 0.481 e. The van der Waals surface area contributed by atoms with Crippen molar-refractivity contribution in [3.63, 3.8) is 0 Å². The van der Waals surface area contributed by atoms with Crippen LogP contribution in [0.1, 0.15) is 12.8 Å². The maximum Gasteiger partial charge on any atom is 0.303 e. The highest BCUT2D eigenvalue weighted by molar-refractivity contribution is 5.66. The van der Waals surface area contributed by atoms with Crippen molar-refractivity contribution >= 4 is 5.97 Å². The van der Waals surface area contributed by atoms with E-state index in [1.54, 1.807) is 0 Å². The molecule has 0 unspecified atom stereocenters. The van der Waals surface area contributed by atoms with Gasteiger partial charge in [0.05, 0.1) is 5.29 Å². The minimum Gasteiger partial charge on any atom is -0.481 e. The molecular weight excluding hydrogens is 136 g/mol. The molecule has 0 aromatic heterocycles. The Morgan fingerprint density at radius 3 is 2.70 bits per heavy atom. The minimum atomic E-state index is -0.848. The van der Waals surface area contributed by atoms with Crippen LogP contribution < -0.4 is 0 Å². The average Bonchev–Trinajstić information content (AvgIpc) is 1.87. The van der Waals surface area contributed by atoms with E-state index in [1.807, 2.05) is 0 Å². The summed E-state index contributed by atoms with van der Waals surface area (Å²) in [6.45, 7) is 0.399. The van der Waals surface area contributed by atoms with Crippen LogP contribution in [-0.2, 0) is 4.79 Å². The lowest BCUT2D eigenvalue weighted by atomic mass is 10.3. The lowest BCUT2D eigenvalue weighted by Crippen LogP contribution is -2.12. The van der Waals surface area contributed by atoms with E-state index < -0.39 is 5.97 Å². The van der Waals surface area contributed by atoms with Crippen LogP contribution in [0.15, 0.2) is 5.29 Å². The first-order valence-electron chi connectivity index (χ1n) is 2.93. The van der Waals surface area contributed by atoms with Crippen molar-refractivity contribution in [2.24, 2.45) is 5.29 Å². The molecule has 0 fully saturated rings. The number of rotatable bonds is 5. The van der Waals surface area contributed by atoms with Crippen LogP contribution in [0.5, 0.6) is 0 Å². The summed E-state index contributed by atoms with van der Waals surface area (Å²) >= 11 is 0. The molecule has 0 aliphatic carbocycles. The highest BCUT2D eigenvalue weighted by Crippen LogP contribution is 1.91. The smallest absolute Gasteiger partial charge is 0.303 e. The predicted octanol–water partition coefficient (Wildman–Crippen LogP) is 0.464. The average molecular weight is 146 g/mol. The molecule has 0 aromatic rings. The molecule has 0 radical (unpaired) electrons. The number of nitrogens with zero attached hydrogens (tertiary/aromatic N) is 2. The molecular formula is C5H10N2O3. The van der Waals surface area contributed by atoms with Crippen LogP contribution in [0.2, 0.25) is 0 Å². The van der Waals surface area contributed by atoms with Crippen molar-refractivity contribution in [1.29, 1.82) is 0 Å². The van der Waals surface area contributed by atoms with Crippen LogP contribution >= 0.6 is 0 Å². The molecule has 5 heteroatoms. The van der Waals surface area contributed by atoms with Gasteiger partial charge in [0.25, 0.3) is 0 Å². The Morgan fingerprint density at radius 2 is 2.30 bits per heavy atom. The Balaban J connectivity index is 3.19. The summed E-state index contributed by atoms with van der Waals surface area (Å²) < 4.78 is 0. The first-order valence-corrected chi connectivity index (χ1v) is 2.93. The third kappa shape index (κ3) is 5.02. The van der Waals surface area contributed by atoms with Crippen molar-refractivity contribution < 1.29 is 9.90 Å². The summed E-state index contributed by atoms with van der Waals surface area (Å²) in [4.78, 5) is 19.7. The number of hydrogen-bond acceptors (Lipinski definition) is 3. The molecule has 0 spiro atoms. The normalized spacial score (nSPS) is 8.90. The topological polar surface area (TPSA) is 70.0 Å². The first-order chi connectivity index (χ1) is 4.66. The molecule has 0 saturated heterocycles. The second-order valence-corrected chi connectivity index (χ2v) is 1.96. The van der Waals surface area contributed by atoms with E-state index in [9.17, 15) is 9.70 Å². The molecule has 0 bridgehead atoms.